The quantitative estimate of drug-likeness (QED) is 0.578. The monoisotopic (exact) mass is 461 g/mol. The molecule has 2 aromatic rings. The van der Waals surface area contributed by atoms with Gasteiger partial charge in [0.1, 0.15) is 0 Å². The first-order valence-corrected chi connectivity index (χ1v) is 9.94. The van der Waals surface area contributed by atoms with E-state index in [9.17, 15) is 13.2 Å². The molecule has 2 aliphatic heterocycles. The Hall–Kier alpha value is -2.54. The molecule has 2 heterocycles. The van der Waals surface area contributed by atoms with Crippen molar-refractivity contribution in [2.75, 3.05) is 11.6 Å². The summed E-state index contributed by atoms with van der Waals surface area (Å²) in [4.78, 5) is 4.53. The van der Waals surface area contributed by atoms with E-state index in [0.29, 0.717) is 22.4 Å². The third kappa shape index (κ3) is 3.59. The number of rotatable bonds is 2. The minimum absolute atomic E-state index is 0.0209. The van der Waals surface area contributed by atoms with E-state index in [2.05, 4.69) is 39.0 Å². The fourth-order valence-corrected chi connectivity index (χ4v) is 4.20. The number of hydrogen-bond acceptors (Lipinski definition) is 3. The molecule has 0 unspecified atom stereocenters. The lowest BCUT2D eigenvalue weighted by molar-refractivity contribution is -0.137. The fourth-order valence-electron chi connectivity index (χ4n) is 3.85. The number of nitrogens with one attached hydrogen (secondary N) is 1. The van der Waals surface area contributed by atoms with Gasteiger partial charge in [0, 0.05) is 22.2 Å². The van der Waals surface area contributed by atoms with Gasteiger partial charge in [-0.1, -0.05) is 39.7 Å². The molecule has 2 aliphatic rings. The van der Waals surface area contributed by atoms with Crippen molar-refractivity contribution in [1.29, 1.82) is 0 Å². The van der Waals surface area contributed by atoms with Crippen molar-refractivity contribution in [3.63, 3.8) is 0 Å². The summed E-state index contributed by atoms with van der Waals surface area (Å²) in [5, 5.41) is 1.40. The molecule has 0 fully saturated rings. The van der Waals surface area contributed by atoms with E-state index in [1.165, 1.54) is 17.1 Å². The average molecular weight is 462 g/mol. The lowest BCUT2D eigenvalue weighted by atomic mass is 9.95. The number of fused-ring (bicyclic) bond motifs is 1. The molecule has 7 heteroatoms. The first-order valence-electron chi connectivity index (χ1n) is 9.14. The van der Waals surface area contributed by atoms with Gasteiger partial charge in [-0.25, -0.2) is 0 Å². The molecule has 0 amide bonds. The standard InChI is InChI=1S/C22H19BrF3N3/c1-12-8-13(2)10-15(9-12)21-17-6-7-27-20(17)14(3)29(28-21)19-11-16(23)4-5-18(19)22(24,25)26/h4-5,8-11,28H,3,6-7H2,1-2H3. The maximum absolute atomic E-state index is 13.7. The molecule has 0 saturated carbocycles. The maximum Gasteiger partial charge on any atom is 0.418 e. The van der Waals surface area contributed by atoms with Crippen molar-refractivity contribution < 1.29 is 13.2 Å². The summed E-state index contributed by atoms with van der Waals surface area (Å²) in [7, 11) is 0. The van der Waals surface area contributed by atoms with Crippen molar-refractivity contribution in [3.05, 3.63) is 81.0 Å². The zero-order valence-electron chi connectivity index (χ0n) is 16.0. The summed E-state index contributed by atoms with van der Waals surface area (Å²) in [6.45, 7) is 8.64. The van der Waals surface area contributed by atoms with Crippen LogP contribution in [-0.2, 0) is 6.18 Å². The molecule has 4 rings (SSSR count). The van der Waals surface area contributed by atoms with Crippen molar-refractivity contribution in [2.24, 2.45) is 4.99 Å². The highest BCUT2D eigenvalue weighted by Gasteiger charge is 2.38. The highest BCUT2D eigenvalue weighted by Crippen LogP contribution is 2.41. The second-order valence-electron chi connectivity index (χ2n) is 7.26. The van der Waals surface area contributed by atoms with Crippen molar-refractivity contribution in [1.82, 2.24) is 5.43 Å². The molecular weight excluding hydrogens is 443 g/mol. The van der Waals surface area contributed by atoms with Gasteiger partial charge >= 0.3 is 6.18 Å². The van der Waals surface area contributed by atoms with Gasteiger partial charge in [0.2, 0.25) is 0 Å². The zero-order chi connectivity index (χ0) is 20.9. The Morgan fingerprint density at radius 1 is 1.10 bits per heavy atom. The molecule has 0 bridgehead atoms. The minimum atomic E-state index is -4.50. The van der Waals surface area contributed by atoms with Gasteiger partial charge in [0.25, 0.3) is 0 Å². The molecule has 2 aromatic carbocycles. The molecule has 3 nitrogen and oxygen atoms in total. The van der Waals surface area contributed by atoms with E-state index < -0.39 is 11.7 Å². The van der Waals surface area contributed by atoms with Gasteiger partial charge in [0.05, 0.1) is 28.4 Å². The molecule has 29 heavy (non-hydrogen) atoms. The van der Waals surface area contributed by atoms with Gasteiger partial charge in [-0.2, -0.15) is 13.2 Å². The van der Waals surface area contributed by atoms with E-state index in [0.717, 1.165) is 40.4 Å². The first kappa shape index (κ1) is 19.8. The Morgan fingerprint density at radius 3 is 2.45 bits per heavy atom. The molecule has 0 saturated heterocycles. The van der Waals surface area contributed by atoms with Crippen LogP contribution in [0.5, 0.6) is 0 Å². The smallest absolute Gasteiger partial charge is 0.293 e. The van der Waals surface area contributed by atoms with Crippen LogP contribution in [0.15, 0.2) is 63.7 Å². The number of alkyl halides is 3. The van der Waals surface area contributed by atoms with E-state index in [-0.39, 0.29) is 5.69 Å². The van der Waals surface area contributed by atoms with E-state index >= 15 is 0 Å². The number of benzene rings is 2. The third-order valence-electron chi connectivity index (χ3n) is 5.00. The summed E-state index contributed by atoms with van der Waals surface area (Å²) in [6, 6.07) is 10.0. The van der Waals surface area contributed by atoms with Crippen molar-refractivity contribution in [3.8, 4) is 0 Å². The minimum Gasteiger partial charge on any atom is -0.293 e. The number of aryl methyl sites for hydroxylation is 2. The van der Waals surface area contributed by atoms with Gasteiger partial charge in [0.15, 0.2) is 0 Å². The van der Waals surface area contributed by atoms with Crippen LogP contribution in [0, 0.1) is 13.8 Å². The topological polar surface area (TPSA) is 27.6 Å². The van der Waals surface area contributed by atoms with E-state index in [1.54, 1.807) is 0 Å². The maximum atomic E-state index is 13.7. The zero-order valence-corrected chi connectivity index (χ0v) is 17.6. The van der Waals surface area contributed by atoms with Crippen molar-refractivity contribution in [2.45, 2.75) is 26.4 Å². The van der Waals surface area contributed by atoms with Crippen LogP contribution in [0.1, 0.15) is 28.7 Å². The number of hydrogen-bond donors (Lipinski definition) is 1. The van der Waals surface area contributed by atoms with Crippen LogP contribution in [-0.4, -0.2) is 12.3 Å². The highest BCUT2D eigenvalue weighted by atomic mass is 79.9. The molecule has 0 aromatic heterocycles. The Labute approximate surface area is 175 Å². The van der Waals surface area contributed by atoms with Gasteiger partial charge < -0.3 is 0 Å². The van der Waals surface area contributed by atoms with Gasteiger partial charge in [-0.15, -0.1) is 0 Å². The van der Waals surface area contributed by atoms with Gasteiger partial charge in [-0.05, 0) is 50.6 Å². The lowest BCUT2D eigenvalue weighted by Crippen LogP contribution is -2.44. The average Bonchev–Trinajstić information content (AvgIpc) is 3.10. The Bertz CT molecular complexity index is 1060. The SMILES string of the molecule is C=C1C2=NCCC2=C(c2cc(C)cc(C)c2)NN1c1cc(Br)ccc1C(F)(F)F. The number of halogens is 4. The predicted octanol–water partition coefficient (Wildman–Crippen LogP) is 6.18. The Kier molecular flexibility index (Phi) is 4.81. The molecule has 0 atom stereocenters. The van der Waals surface area contributed by atoms with Gasteiger partial charge in [-0.3, -0.25) is 15.4 Å². The third-order valence-corrected chi connectivity index (χ3v) is 5.50. The lowest BCUT2D eigenvalue weighted by Gasteiger charge is -2.36. The molecule has 0 aliphatic carbocycles. The second kappa shape index (κ2) is 7.06. The molecule has 1 N–H and O–H groups in total. The normalized spacial score (nSPS) is 16.7. The number of nitrogens with zero attached hydrogens (tertiary/aromatic N) is 2. The Balaban J connectivity index is 1.89. The number of hydrazine groups is 1. The molecule has 0 spiro atoms. The molecule has 150 valence electrons. The first-order chi connectivity index (χ1) is 13.6. The largest absolute Gasteiger partial charge is 0.418 e. The number of allylic oxidation sites excluding steroid dienone is 1. The summed E-state index contributed by atoms with van der Waals surface area (Å²) >= 11 is 3.29. The van der Waals surface area contributed by atoms with Crippen LogP contribution in [0.25, 0.3) is 5.70 Å². The van der Waals surface area contributed by atoms with Crippen LogP contribution in [0.3, 0.4) is 0 Å². The summed E-state index contributed by atoms with van der Waals surface area (Å²) in [5.41, 5.74) is 8.37. The van der Waals surface area contributed by atoms with E-state index in [4.69, 9.17) is 0 Å². The van der Waals surface area contributed by atoms with E-state index in [1.807, 2.05) is 26.0 Å². The summed E-state index contributed by atoms with van der Waals surface area (Å²) in [5.74, 6) is 0. The van der Waals surface area contributed by atoms with Crippen LogP contribution in [0.4, 0.5) is 18.9 Å². The Morgan fingerprint density at radius 2 is 1.79 bits per heavy atom. The molecule has 0 radical (unpaired) electrons. The molecular formula is C22H19BrF3N3. The number of anilines is 1. The van der Waals surface area contributed by atoms with Crippen LogP contribution in [0.2, 0.25) is 0 Å². The van der Waals surface area contributed by atoms with Crippen LogP contribution < -0.4 is 10.4 Å². The highest BCUT2D eigenvalue weighted by molar-refractivity contribution is 9.10. The van der Waals surface area contributed by atoms with Crippen molar-refractivity contribution >= 4 is 33.0 Å². The fraction of sp³-hybridized carbons (Fsp3) is 0.227. The number of aliphatic imine (C=N–C) groups is 1. The van der Waals surface area contributed by atoms with Crippen LogP contribution >= 0.6 is 15.9 Å². The summed E-state index contributed by atoms with van der Waals surface area (Å²) < 4.78 is 41.7. The summed E-state index contributed by atoms with van der Waals surface area (Å²) in [6.07, 6.45) is -3.78. The second-order valence-corrected chi connectivity index (χ2v) is 8.18. The predicted molar refractivity (Wildman–Crippen MR) is 114 cm³/mol.